The first-order chi connectivity index (χ1) is 12.1. The Bertz CT molecular complexity index is 905. The number of aromatic amines is 1. The lowest BCUT2D eigenvalue weighted by Gasteiger charge is -2.26. The van der Waals surface area contributed by atoms with E-state index in [-0.39, 0.29) is 29.9 Å². The second-order valence-electron chi connectivity index (χ2n) is 7.20. The maximum atomic E-state index is 13.1. The Morgan fingerprint density at radius 1 is 1.27 bits per heavy atom. The number of rotatable bonds is 6. The number of nitrogen functional groups attached to an aromatic ring is 1. The molecule has 0 atom stereocenters. The Morgan fingerprint density at radius 2 is 1.92 bits per heavy atom. The normalized spacial score (nSPS) is 11.3. The van der Waals surface area contributed by atoms with Crippen molar-refractivity contribution in [3.8, 4) is 0 Å². The van der Waals surface area contributed by atoms with Crippen molar-refractivity contribution in [2.24, 2.45) is 11.8 Å². The van der Waals surface area contributed by atoms with E-state index in [0.29, 0.717) is 17.9 Å². The van der Waals surface area contributed by atoms with Gasteiger partial charge in [0.1, 0.15) is 11.6 Å². The van der Waals surface area contributed by atoms with Gasteiger partial charge in [-0.05, 0) is 24.8 Å². The van der Waals surface area contributed by atoms with E-state index in [1.807, 2.05) is 27.7 Å². The Morgan fingerprint density at radius 3 is 2.42 bits per heavy atom. The quantitative estimate of drug-likeness (QED) is 0.815. The van der Waals surface area contributed by atoms with Crippen LogP contribution in [0.1, 0.15) is 43.8 Å². The number of aryl methyl sites for hydroxylation is 1. The van der Waals surface area contributed by atoms with E-state index in [4.69, 9.17) is 10.2 Å². The SMILES string of the molecule is Cc1occc1C(=O)N(CC(C)C)c1c(N)n(CC(C)C)c(=O)[nH]c1=O. The first-order valence-electron chi connectivity index (χ1n) is 8.62. The van der Waals surface area contributed by atoms with Gasteiger partial charge in [0.2, 0.25) is 0 Å². The summed E-state index contributed by atoms with van der Waals surface area (Å²) in [5.41, 5.74) is 5.25. The standard InChI is InChI=1S/C18H26N4O4/c1-10(2)8-21(17(24)13-6-7-26-12(13)5)14-15(19)22(9-11(3)4)18(25)20-16(14)23/h6-7,10-11H,8-9,19H2,1-5H3,(H,20,23,25). The van der Waals surface area contributed by atoms with Gasteiger partial charge in [0, 0.05) is 13.1 Å². The fourth-order valence-corrected chi connectivity index (χ4v) is 2.78. The number of nitrogens with zero attached hydrogens (tertiary/aromatic N) is 2. The lowest BCUT2D eigenvalue weighted by Crippen LogP contribution is -2.43. The molecule has 0 aliphatic heterocycles. The summed E-state index contributed by atoms with van der Waals surface area (Å²) < 4.78 is 6.51. The second kappa shape index (κ2) is 7.63. The highest BCUT2D eigenvalue weighted by molar-refractivity contribution is 6.07. The van der Waals surface area contributed by atoms with Crippen LogP contribution in [0.3, 0.4) is 0 Å². The second-order valence-corrected chi connectivity index (χ2v) is 7.20. The zero-order chi connectivity index (χ0) is 19.6. The van der Waals surface area contributed by atoms with Crippen LogP contribution in [0.2, 0.25) is 0 Å². The van der Waals surface area contributed by atoms with E-state index in [0.717, 1.165) is 0 Å². The van der Waals surface area contributed by atoms with Gasteiger partial charge in [0.05, 0.1) is 11.8 Å². The number of aromatic nitrogens is 2. The minimum atomic E-state index is -0.678. The fourth-order valence-electron chi connectivity index (χ4n) is 2.78. The minimum Gasteiger partial charge on any atom is -0.469 e. The first-order valence-corrected chi connectivity index (χ1v) is 8.62. The summed E-state index contributed by atoms with van der Waals surface area (Å²) in [5.74, 6) is 0.267. The third-order valence-electron chi connectivity index (χ3n) is 3.91. The summed E-state index contributed by atoms with van der Waals surface area (Å²) in [6.07, 6.45) is 1.42. The van der Waals surface area contributed by atoms with Crippen molar-refractivity contribution in [1.29, 1.82) is 0 Å². The van der Waals surface area contributed by atoms with E-state index in [1.54, 1.807) is 13.0 Å². The van der Waals surface area contributed by atoms with Crippen LogP contribution in [0.25, 0.3) is 0 Å². The van der Waals surface area contributed by atoms with Gasteiger partial charge in [-0.25, -0.2) is 4.79 Å². The molecule has 0 radical (unpaired) electrons. The summed E-state index contributed by atoms with van der Waals surface area (Å²) in [5, 5.41) is 0. The maximum Gasteiger partial charge on any atom is 0.330 e. The molecule has 1 amide bonds. The van der Waals surface area contributed by atoms with Crippen LogP contribution in [-0.2, 0) is 6.54 Å². The Kier molecular flexibility index (Phi) is 5.74. The van der Waals surface area contributed by atoms with Crippen molar-refractivity contribution in [2.45, 2.75) is 41.2 Å². The lowest BCUT2D eigenvalue weighted by atomic mass is 10.1. The molecule has 2 aromatic heterocycles. The van der Waals surface area contributed by atoms with Crippen LogP contribution < -0.4 is 21.9 Å². The largest absolute Gasteiger partial charge is 0.469 e. The van der Waals surface area contributed by atoms with Gasteiger partial charge in [-0.1, -0.05) is 27.7 Å². The van der Waals surface area contributed by atoms with E-state index < -0.39 is 17.2 Å². The number of hydrogen-bond acceptors (Lipinski definition) is 5. The fraction of sp³-hybridized carbons (Fsp3) is 0.500. The molecule has 0 saturated carbocycles. The summed E-state index contributed by atoms with van der Waals surface area (Å²) in [4.78, 5) is 41.3. The molecule has 0 unspecified atom stereocenters. The highest BCUT2D eigenvalue weighted by atomic mass is 16.3. The number of furan rings is 1. The highest BCUT2D eigenvalue weighted by Gasteiger charge is 2.27. The number of carbonyl (C=O) groups is 1. The summed E-state index contributed by atoms with van der Waals surface area (Å²) in [6.45, 7) is 10.0. The predicted octanol–water partition coefficient (Wildman–Crippen LogP) is 1.98. The summed E-state index contributed by atoms with van der Waals surface area (Å²) in [6, 6.07) is 1.56. The van der Waals surface area contributed by atoms with Gasteiger partial charge in [-0.2, -0.15) is 0 Å². The lowest BCUT2D eigenvalue weighted by molar-refractivity contribution is 0.0982. The highest BCUT2D eigenvalue weighted by Crippen LogP contribution is 2.23. The molecule has 0 aliphatic rings. The van der Waals surface area contributed by atoms with Crippen LogP contribution >= 0.6 is 0 Å². The molecule has 0 spiro atoms. The number of nitrogens with one attached hydrogen (secondary N) is 1. The predicted molar refractivity (Wildman–Crippen MR) is 101 cm³/mol. The molecule has 26 heavy (non-hydrogen) atoms. The number of H-pyrrole nitrogens is 1. The molecule has 0 aliphatic carbocycles. The summed E-state index contributed by atoms with van der Waals surface area (Å²) >= 11 is 0. The molecular weight excluding hydrogens is 336 g/mol. The number of carbonyl (C=O) groups excluding carboxylic acids is 1. The topological polar surface area (TPSA) is 114 Å². The van der Waals surface area contributed by atoms with Crippen LogP contribution in [0.15, 0.2) is 26.3 Å². The molecular formula is C18H26N4O4. The molecule has 0 bridgehead atoms. The number of hydrogen-bond donors (Lipinski definition) is 2. The van der Waals surface area contributed by atoms with Gasteiger partial charge < -0.3 is 15.1 Å². The van der Waals surface area contributed by atoms with Crippen LogP contribution in [-0.4, -0.2) is 22.0 Å². The van der Waals surface area contributed by atoms with Crippen LogP contribution in [0.4, 0.5) is 11.5 Å². The van der Waals surface area contributed by atoms with Crippen molar-refractivity contribution < 1.29 is 9.21 Å². The summed E-state index contributed by atoms with van der Waals surface area (Å²) in [7, 11) is 0. The zero-order valence-corrected chi connectivity index (χ0v) is 15.8. The molecule has 3 N–H and O–H groups in total. The van der Waals surface area contributed by atoms with Crippen molar-refractivity contribution in [2.75, 3.05) is 17.2 Å². The Balaban J connectivity index is 2.65. The molecule has 8 nitrogen and oxygen atoms in total. The molecule has 8 heteroatoms. The van der Waals surface area contributed by atoms with E-state index in [2.05, 4.69) is 4.98 Å². The molecule has 142 valence electrons. The van der Waals surface area contributed by atoms with E-state index in [1.165, 1.54) is 15.7 Å². The van der Waals surface area contributed by atoms with Gasteiger partial charge in [0.25, 0.3) is 11.5 Å². The van der Waals surface area contributed by atoms with Crippen molar-refractivity contribution in [3.05, 3.63) is 44.5 Å². The average Bonchev–Trinajstić information content (AvgIpc) is 2.95. The van der Waals surface area contributed by atoms with E-state index >= 15 is 0 Å². The van der Waals surface area contributed by atoms with Gasteiger partial charge in [0.15, 0.2) is 5.69 Å². The van der Waals surface area contributed by atoms with Crippen molar-refractivity contribution in [1.82, 2.24) is 9.55 Å². The third-order valence-corrected chi connectivity index (χ3v) is 3.91. The van der Waals surface area contributed by atoms with Crippen LogP contribution in [0.5, 0.6) is 0 Å². The molecule has 2 heterocycles. The molecule has 0 aromatic carbocycles. The zero-order valence-electron chi connectivity index (χ0n) is 15.8. The molecule has 2 aromatic rings. The Labute approximate surface area is 151 Å². The van der Waals surface area contributed by atoms with Gasteiger partial charge in [-0.3, -0.25) is 19.1 Å². The van der Waals surface area contributed by atoms with E-state index in [9.17, 15) is 14.4 Å². The van der Waals surface area contributed by atoms with Crippen molar-refractivity contribution in [3.63, 3.8) is 0 Å². The third kappa shape index (κ3) is 3.89. The van der Waals surface area contributed by atoms with Crippen molar-refractivity contribution >= 4 is 17.4 Å². The smallest absolute Gasteiger partial charge is 0.330 e. The maximum absolute atomic E-state index is 13.1. The number of anilines is 2. The Hall–Kier alpha value is -2.77. The molecule has 0 saturated heterocycles. The van der Waals surface area contributed by atoms with Gasteiger partial charge >= 0.3 is 5.69 Å². The molecule has 2 rings (SSSR count). The average molecular weight is 362 g/mol. The molecule has 0 fully saturated rings. The van der Waals surface area contributed by atoms with Crippen LogP contribution in [0, 0.1) is 18.8 Å². The first kappa shape index (κ1) is 19.6. The number of nitrogens with two attached hydrogens (primary N) is 1. The number of amides is 1. The minimum absolute atomic E-state index is 0.00968. The monoisotopic (exact) mass is 362 g/mol. The van der Waals surface area contributed by atoms with Gasteiger partial charge in [-0.15, -0.1) is 0 Å².